The zero-order valence-electron chi connectivity index (χ0n) is 10.6. The second kappa shape index (κ2) is 7.88. The second-order valence-corrected chi connectivity index (χ2v) is 4.15. The van der Waals surface area contributed by atoms with E-state index in [9.17, 15) is 9.59 Å². The molecule has 0 bridgehead atoms. The summed E-state index contributed by atoms with van der Waals surface area (Å²) in [6.45, 7) is 6.16. The molecule has 7 nitrogen and oxygen atoms in total. The number of amides is 2. The van der Waals surface area contributed by atoms with Gasteiger partial charge in [-0.2, -0.15) is 0 Å². The van der Waals surface area contributed by atoms with E-state index < -0.39 is 18.0 Å². The van der Waals surface area contributed by atoms with Crippen molar-refractivity contribution in [2.75, 3.05) is 39.4 Å². The Balaban J connectivity index is 2.14. The maximum Gasteiger partial charge on any atom is 0.326 e. The Labute approximate surface area is 106 Å². The van der Waals surface area contributed by atoms with Crippen molar-refractivity contribution in [3.8, 4) is 0 Å². The highest BCUT2D eigenvalue weighted by molar-refractivity contribution is 5.82. The Morgan fingerprint density at radius 3 is 2.61 bits per heavy atom. The molecule has 0 aromatic carbocycles. The maximum atomic E-state index is 11.4. The molecule has 1 saturated heterocycles. The Kier molecular flexibility index (Phi) is 6.45. The van der Waals surface area contributed by atoms with Gasteiger partial charge in [0, 0.05) is 26.2 Å². The number of hydrogen-bond donors (Lipinski definition) is 3. The van der Waals surface area contributed by atoms with E-state index >= 15 is 0 Å². The minimum absolute atomic E-state index is 0.367. The van der Waals surface area contributed by atoms with Crippen LogP contribution in [0.5, 0.6) is 0 Å². The van der Waals surface area contributed by atoms with E-state index in [1.54, 1.807) is 6.92 Å². The molecule has 7 heteroatoms. The standard InChI is InChI=1S/C11H21N3O4/c1-2-9(10(15)16)13-11(17)12-3-4-14-5-7-18-8-6-14/h9H,2-8H2,1H3,(H,15,16)(H2,12,13,17)/t9-/m0/s1. The van der Waals surface area contributed by atoms with Crippen LogP contribution in [0.2, 0.25) is 0 Å². The van der Waals surface area contributed by atoms with Gasteiger partial charge in [-0.1, -0.05) is 6.92 Å². The molecule has 0 saturated carbocycles. The van der Waals surface area contributed by atoms with Crippen LogP contribution in [0.15, 0.2) is 0 Å². The molecule has 0 radical (unpaired) electrons. The van der Waals surface area contributed by atoms with Crippen LogP contribution in [-0.2, 0) is 9.53 Å². The summed E-state index contributed by atoms with van der Waals surface area (Å²) in [6, 6.07) is -1.26. The number of morpholine rings is 1. The third kappa shape index (κ3) is 5.33. The van der Waals surface area contributed by atoms with Gasteiger partial charge in [0.05, 0.1) is 13.2 Å². The van der Waals surface area contributed by atoms with Gasteiger partial charge in [0.1, 0.15) is 6.04 Å². The van der Waals surface area contributed by atoms with Crippen LogP contribution in [0.4, 0.5) is 4.79 Å². The van der Waals surface area contributed by atoms with E-state index in [1.165, 1.54) is 0 Å². The monoisotopic (exact) mass is 259 g/mol. The normalized spacial score (nSPS) is 18.1. The van der Waals surface area contributed by atoms with Crippen molar-refractivity contribution in [2.45, 2.75) is 19.4 Å². The summed E-state index contributed by atoms with van der Waals surface area (Å²) >= 11 is 0. The quantitative estimate of drug-likeness (QED) is 0.597. The minimum Gasteiger partial charge on any atom is -0.480 e. The number of ether oxygens (including phenoxy) is 1. The van der Waals surface area contributed by atoms with Gasteiger partial charge in [0.2, 0.25) is 0 Å². The molecule has 0 spiro atoms. The van der Waals surface area contributed by atoms with Gasteiger partial charge in [0.25, 0.3) is 0 Å². The van der Waals surface area contributed by atoms with Crippen molar-refractivity contribution < 1.29 is 19.4 Å². The zero-order chi connectivity index (χ0) is 13.4. The summed E-state index contributed by atoms with van der Waals surface area (Å²) in [7, 11) is 0. The number of nitrogens with one attached hydrogen (secondary N) is 2. The van der Waals surface area contributed by atoms with Gasteiger partial charge in [-0.25, -0.2) is 9.59 Å². The Morgan fingerprint density at radius 1 is 1.39 bits per heavy atom. The number of carbonyl (C=O) groups is 2. The van der Waals surface area contributed by atoms with Crippen molar-refractivity contribution in [1.82, 2.24) is 15.5 Å². The van der Waals surface area contributed by atoms with Crippen molar-refractivity contribution in [2.24, 2.45) is 0 Å². The lowest BCUT2D eigenvalue weighted by molar-refractivity contribution is -0.139. The number of carboxylic acids is 1. The zero-order valence-corrected chi connectivity index (χ0v) is 10.6. The fourth-order valence-corrected chi connectivity index (χ4v) is 1.70. The molecule has 1 rings (SSSR count). The first-order valence-corrected chi connectivity index (χ1v) is 6.20. The summed E-state index contributed by atoms with van der Waals surface area (Å²) in [5.74, 6) is -1.01. The summed E-state index contributed by atoms with van der Waals surface area (Å²) in [5.41, 5.74) is 0. The van der Waals surface area contributed by atoms with E-state index in [0.717, 1.165) is 32.8 Å². The molecule has 1 atom stereocenters. The van der Waals surface area contributed by atoms with E-state index in [2.05, 4.69) is 15.5 Å². The first-order chi connectivity index (χ1) is 8.63. The maximum absolute atomic E-state index is 11.4. The van der Waals surface area contributed by atoms with Gasteiger partial charge in [0.15, 0.2) is 0 Å². The molecule has 1 heterocycles. The lowest BCUT2D eigenvalue weighted by Gasteiger charge is -2.26. The third-order valence-corrected chi connectivity index (χ3v) is 2.83. The van der Waals surface area contributed by atoms with Crippen molar-refractivity contribution in [3.05, 3.63) is 0 Å². The smallest absolute Gasteiger partial charge is 0.326 e. The Morgan fingerprint density at radius 2 is 2.06 bits per heavy atom. The first-order valence-electron chi connectivity index (χ1n) is 6.20. The number of carboxylic acid groups (broad SMARTS) is 1. The molecule has 1 aliphatic heterocycles. The SMILES string of the molecule is CC[C@H](NC(=O)NCCN1CCOCC1)C(=O)O. The topological polar surface area (TPSA) is 90.9 Å². The van der Waals surface area contributed by atoms with Gasteiger partial charge >= 0.3 is 12.0 Å². The van der Waals surface area contributed by atoms with E-state index in [1.807, 2.05) is 0 Å². The predicted molar refractivity (Wildman–Crippen MR) is 65.5 cm³/mol. The summed E-state index contributed by atoms with van der Waals surface area (Å²) in [6.07, 6.45) is 0.367. The molecule has 0 aromatic rings. The second-order valence-electron chi connectivity index (χ2n) is 4.15. The van der Waals surface area contributed by atoms with E-state index in [0.29, 0.717) is 13.0 Å². The fourth-order valence-electron chi connectivity index (χ4n) is 1.70. The predicted octanol–water partition coefficient (Wildman–Crippen LogP) is -0.519. The number of nitrogens with zero attached hydrogens (tertiary/aromatic N) is 1. The molecule has 0 aromatic heterocycles. The third-order valence-electron chi connectivity index (χ3n) is 2.83. The van der Waals surface area contributed by atoms with Crippen molar-refractivity contribution in [3.63, 3.8) is 0 Å². The van der Waals surface area contributed by atoms with Gasteiger partial charge < -0.3 is 20.5 Å². The molecule has 1 aliphatic rings. The van der Waals surface area contributed by atoms with Crippen LogP contribution in [-0.4, -0.2) is 67.4 Å². The Bertz CT molecular complexity index is 279. The summed E-state index contributed by atoms with van der Waals surface area (Å²) in [5, 5.41) is 13.9. The van der Waals surface area contributed by atoms with Crippen LogP contribution in [0.1, 0.15) is 13.3 Å². The fraction of sp³-hybridized carbons (Fsp3) is 0.818. The molecule has 104 valence electrons. The molecule has 0 aliphatic carbocycles. The number of aliphatic carboxylic acids is 1. The Hall–Kier alpha value is -1.34. The summed E-state index contributed by atoms with van der Waals surface area (Å²) in [4.78, 5) is 24.3. The molecular formula is C11H21N3O4. The van der Waals surface area contributed by atoms with Crippen molar-refractivity contribution >= 4 is 12.0 Å². The van der Waals surface area contributed by atoms with Gasteiger partial charge in [-0.3, -0.25) is 4.90 Å². The number of rotatable bonds is 6. The van der Waals surface area contributed by atoms with Crippen LogP contribution in [0, 0.1) is 0 Å². The molecule has 18 heavy (non-hydrogen) atoms. The van der Waals surface area contributed by atoms with Crippen LogP contribution < -0.4 is 10.6 Å². The molecule has 3 N–H and O–H groups in total. The highest BCUT2D eigenvalue weighted by Gasteiger charge is 2.17. The lowest BCUT2D eigenvalue weighted by atomic mass is 10.2. The first kappa shape index (κ1) is 14.7. The van der Waals surface area contributed by atoms with E-state index in [4.69, 9.17) is 9.84 Å². The highest BCUT2D eigenvalue weighted by Crippen LogP contribution is 1.95. The van der Waals surface area contributed by atoms with E-state index in [-0.39, 0.29) is 0 Å². The van der Waals surface area contributed by atoms with Crippen LogP contribution >= 0.6 is 0 Å². The van der Waals surface area contributed by atoms with Crippen molar-refractivity contribution in [1.29, 1.82) is 0 Å². The van der Waals surface area contributed by atoms with Gasteiger partial charge in [-0.15, -0.1) is 0 Å². The average Bonchev–Trinajstić information content (AvgIpc) is 2.37. The molecule has 0 unspecified atom stereocenters. The molecular weight excluding hydrogens is 238 g/mol. The number of urea groups is 1. The van der Waals surface area contributed by atoms with Crippen LogP contribution in [0.25, 0.3) is 0 Å². The molecule has 2 amide bonds. The average molecular weight is 259 g/mol. The number of carbonyl (C=O) groups excluding carboxylic acids is 1. The molecule has 1 fully saturated rings. The lowest BCUT2D eigenvalue weighted by Crippen LogP contribution is -2.48. The summed E-state index contributed by atoms with van der Waals surface area (Å²) < 4.78 is 5.21. The largest absolute Gasteiger partial charge is 0.480 e. The van der Waals surface area contributed by atoms with Crippen LogP contribution in [0.3, 0.4) is 0 Å². The highest BCUT2D eigenvalue weighted by atomic mass is 16.5. The minimum atomic E-state index is -1.01. The van der Waals surface area contributed by atoms with Gasteiger partial charge in [-0.05, 0) is 6.42 Å². The number of hydrogen-bond acceptors (Lipinski definition) is 4.